The van der Waals surface area contributed by atoms with Crippen LogP contribution in [0.1, 0.15) is 79.1 Å². The van der Waals surface area contributed by atoms with E-state index < -0.39 is 0 Å². The van der Waals surface area contributed by atoms with Crippen LogP contribution in [0, 0.1) is 0 Å². The fraction of sp³-hybridized carbons (Fsp3) is 0.900. The van der Waals surface area contributed by atoms with E-state index in [9.17, 15) is 4.79 Å². The molecule has 6 nitrogen and oxygen atoms in total. The van der Waals surface area contributed by atoms with Crippen molar-refractivity contribution in [3.05, 3.63) is 0 Å². The molecule has 2 bridgehead atoms. The number of unbranched alkanes of at least 4 members (excludes halogenated alkanes) is 3. The summed E-state index contributed by atoms with van der Waals surface area (Å²) in [5, 5.41) is 6.87. The average Bonchev–Trinajstić information content (AvgIpc) is 3.15. The maximum atomic E-state index is 11.7. The maximum absolute atomic E-state index is 11.7. The van der Waals surface area contributed by atoms with Crippen LogP contribution in [0.15, 0.2) is 4.99 Å². The lowest BCUT2D eigenvalue weighted by Gasteiger charge is -2.22. The summed E-state index contributed by atoms with van der Waals surface area (Å²) in [6, 6.07) is 0.403. The summed E-state index contributed by atoms with van der Waals surface area (Å²) in [6.07, 6.45) is 8.84. The maximum Gasteiger partial charge on any atom is 0.306 e. The van der Waals surface area contributed by atoms with Gasteiger partial charge in [0.2, 0.25) is 0 Å². The predicted molar refractivity (Wildman–Crippen MR) is 120 cm³/mol. The van der Waals surface area contributed by atoms with Crippen molar-refractivity contribution >= 4 is 35.9 Å². The normalized spacial score (nSPS) is 24.4. The topological polar surface area (TPSA) is 72.0 Å². The third-order valence-corrected chi connectivity index (χ3v) is 4.75. The van der Waals surface area contributed by atoms with Crippen molar-refractivity contribution in [3.63, 3.8) is 0 Å². The molecule has 2 fully saturated rings. The molecule has 2 rings (SSSR count). The van der Waals surface area contributed by atoms with Gasteiger partial charge in [-0.3, -0.25) is 9.79 Å². The molecule has 0 radical (unpaired) electrons. The highest BCUT2D eigenvalue weighted by Gasteiger charge is 2.41. The van der Waals surface area contributed by atoms with Gasteiger partial charge in [0, 0.05) is 19.5 Å². The van der Waals surface area contributed by atoms with Crippen LogP contribution in [-0.2, 0) is 14.3 Å². The lowest BCUT2D eigenvalue weighted by Crippen LogP contribution is -2.47. The Morgan fingerprint density at radius 3 is 2.52 bits per heavy atom. The highest BCUT2D eigenvalue weighted by atomic mass is 127. The zero-order valence-corrected chi connectivity index (χ0v) is 19.7. The molecule has 2 N–H and O–H groups in total. The summed E-state index contributed by atoms with van der Waals surface area (Å²) < 4.78 is 11.2. The van der Waals surface area contributed by atoms with Gasteiger partial charge in [-0.05, 0) is 59.8 Å². The van der Waals surface area contributed by atoms with Crippen molar-refractivity contribution in [3.8, 4) is 0 Å². The van der Waals surface area contributed by atoms with Crippen molar-refractivity contribution in [2.24, 2.45) is 4.99 Å². The summed E-state index contributed by atoms with van der Waals surface area (Å²) in [7, 11) is 0. The van der Waals surface area contributed by atoms with Crippen LogP contribution in [0.3, 0.4) is 0 Å². The highest BCUT2D eigenvalue weighted by Crippen LogP contribution is 2.34. The number of carbonyl (C=O) groups is 1. The minimum atomic E-state index is -0.384. The van der Waals surface area contributed by atoms with Gasteiger partial charge in [-0.2, -0.15) is 0 Å². The molecular weight excluding hydrogens is 457 g/mol. The number of hydrogen-bond acceptors (Lipinski definition) is 4. The largest absolute Gasteiger partial charge is 0.460 e. The first-order valence-corrected chi connectivity index (χ1v) is 10.3. The van der Waals surface area contributed by atoms with Gasteiger partial charge in [-0.15, -0.1) is 24.0 Å². The summed E-state index contributed by atoms with van der Waals surface area (Å²) in [6.45, 7) is 9.48. The Hall–Kier alpha value is -0.570. The van der Waals surface area contributed by atoms with Gasteiger partial charge in [0.05, 0.1) is 18.2 Å². The van der Waals surface area contributed by atoms with Crippen LogP contribution < -0.4 is 10.6 Å². The number of rotatable bonds is 9. The number of hydrogen-bond donors (Lipinski definition) is 2. The van der Waals surface area contributed by atoms with Crippen molar-refractivity contribution in [2.45, 2.75) is 103 Å². The molecule has 2 saturated heterocycles. The van der Waals surface area contributed by atoms with Crippen LogP contribution in [-0.4, -0.2) is 48.9 Å². The van der Waals surface area contributed by atoms with E-state index in [4.69, 9.17) is 9.47 Å². The second-order valence-corrected chi connectivity index (χ2v) is 8.37. The second kappa shape index (κ2) is 12.1. The number of carbonyl (C=O) groups excluding carboxylic acids is 1. The third kappa shape index (κ3) is 9.45. The van der Waals surface area contributed by atoms with E-state index in [2.05, 4.69) is 22.5 Å². The SMILES string of the molecule is CCNC(=NCCCCCCC(=O)OC(C)(C)C)NC1CC2CCC1O2.I. The number of ether oxygens (including phenoxy) is 2. The second-order valence-electron chi connectivity index (χ2n) is 8.37. The van der Waals surface area contributed by atoms with Crippen molar-refractivity contribution in [2.75, 3.05) is 13.1 Å². The molecule has 158 valence electrons. The Labute approximate surface area is 181 Å². The standard InChI is InChI=1S/C20H37N3O3.HI/c1-5-21-19(23-16-14-15-11-12-17(16)25-15)22-13-9-7-6-8-10-18(24)26-20(2,3)4;/h15-17H,5-14H2,1-4H3,(H2,21,22,23);1H. The number of esters is 1. The molecule has 3 unspecified atom stereocenters. The molecule has 7 heteroatoms. The van der Waals surface area contributed by atoms with E-state index in [0.29, 0.717) is 24.7 Å². The first-order valence-electron chi connectivity index (χ1n) is 10.3. The molecule has 0 spiro atoms. The van der Waals surface area contributed by atoms with E-state index in [0.717, 1.165) is 51.2 Å². The van der Waals surface area contributed by atoms with E-state index >= 15 is 0 Å². The summed E-state index contributed by atoms with van der Waals surface area (Å²) in [4.78, 5) is 16.3. The Bertz CT molecular complexity index is 480. The highest BCUT2D eigenvalue weighted by molar-refractivity contribution is 14.0. The van der Waals surface area contributed by atoms with Gasteiger partial charge in [-0.25, -0.2) is 0 Å². The minimum Gasteiger partial charge on any atom is -0.460 e. The van der Waals surface area contributed by atoms with Gasteiger partial charge < -0.3 is 20.1 Å². The number of nitrogens with zero attached hydrogens (tertiary/aromatic N) is 1. The van der Waals surface area contributed by atoms with Crippen LogP contribution in [0.2, 0.25) is 0 Å². The molecule has 2 aliphatic heterocycles. The lowest BCUT2D eigenvalue weighted by atomic mass is 9.96. The minimum absolute atomic E-state index is 0. The van der Waals surface area contributed by atoms with Crippen molar-refractivity contribution < 1.29 is 14.3 Å². The first-order chi connectivity index (χ1) is 12.4. The fourth-order valence-corrected chi connectivity index (χ4v) is 3.60. The number of guanidine groups is 1. The number of nitrogens with one attached hydrogen (secondary N) is 2. The molecule has 0 aliphatic carbocycles. The zero-order chi connectivity index (χ0) is 19.0. The van der Waals surface area contributed by atoms with Gasteiger partial charge >= 0.3 is 5.97 Å². The monoisotopic (exact) mass is 495 g/mol. The molecule has 0 aromatic rings. The first kappa shape index (κ1) is 24.5. The number of fused-ring (bicyclic) bond motifs is 2. The van der Waals surface area contributed by atoms with E-state index in [1.807, 2.05) is 20.8 Å². The van der Waals surface area contributed by atoms with Gasteiger partial charge in [0.25, 0.3) is 0 Å². The number of halogens is 1. The van der Waals surface area contributed by atoms with Crippen molar-refractivity contribution in [1.29, 1.82) is 0 Å². The molecule has 27 heavy (non-hydrogen) atoms. The smallest absolute Gasteiger partial charge is 0.306 e. The summed E-state index contributed by atoms with van der Waals surface area (Å²) >= 11 is 0. The zero-order valence-electron chi connectivity index (χ0n) is 17.4. The Kier molecular flexibility index (Phi) is 11.0. The summed E-state index contributed by atoms with van der Waals surface area (Å²) in [5.41, 5.74) is -0.384. The molecule has 2 heterocycles. The molecule has 0 saturated carbocycles. The average molecular weight is 495 g/mol. The lowest BCUT2D eigenvalue weighted by molar-refractivity contribution is -0.154. The van der Waals surface area contributed by atoms with Gasteiger partial charge in [0.1, 0.15) is 5.60 Å². The quantitative estimate of drug-likeness (QED) is 0.168. The van der Waals surface area contributed by atoms with E-state index in [1.54, 1.807) is 0 Å². The van der Waals surface area contributed by atoms with Crippen LogP contribution in [0.25, 0.3) is 0 Å². The molecule has 0 aromatic carbocycles. The Balaban J connectivity index is 0.00000364. The Morgan fingerprint density at radius 1 is 1.19 bits per heavy atom. The Morgan fingerprint density at radius 2 is 1.93 bits per heavy atom. The van der Waals surface area contributed by atoms with Crippen LogP contribution >= 0.6 is 24.0 Å². The fourth-order valence-electron chi connectivity index (χ4n) is 3.60. The third-order valence-electron chi connectivity index (χ3n) is 4.75. The van der Waals surface area contributed by atoms with Crippen molar-refractivity contribution in [1.82, 2.24) is 10.6 Å². The molecule has 2 aliphatic rings. The van der Waals surface area contributed by atoms with Crippen LogP contribution in [0.4, 0.5) is 0 Å². The number of aliphatic imine (C=N–C) groups is 1. The summed E-state index contributed by atoms with van der Waals surface area (Å²) in [5.74, 6) is 0.810. The van der Waals surface area contributed by atoms with E-state index in [-0.39, 0.29) is 35.5 Å². The van der Waals surface area contributed by atoms with Crippen LogP contribution in [0.5, 0.6) is 0 Å². The van der Waals surface area contributed by atoms with E-state index in [1.165, 1.54) is 12.8 Å². The van der Waals surface area contributed by atoms with Gasteiger partial charge in [-0.1, -0.05) is 12.8 Å². The molecular formula is C20H38IN3O3. The molecule has 0 aromatic heterocycles. The van der Waals surface area contributed by atoms with Gasteiger partial charge in [0.15, 0.2) is 5.96 Å². The predicted octanol–water partition coefficient (Wildman–Crippen LogP) is 3.77. The molecule has 0 amide bonds. The molecule has 3 atom stereocenters.